The second-order valence-corrected chi connectivity index (χ2v) is 11.9. The number of halogens is 2. The third-order valence-electron chi connectivity index (χ3n) is 8.98. The summed E-state index contributed by atoms with van der Waals surface area (Å²) in [6, 6.07) is 15.1. The average molecular weight is 605 g/mol. The summed E-state index contributed by atoms with van der Waals surface area (Å²) in [7, 11) is 0. The summed E-state index contributed by atoms with van der Waals surface area (Å²) in [5.74, 6) is 0.134. The number of hydrogen-bond acceptors (Lipinski definition) is 7. The van der Waals surface area contributed by atoms with Crippen molar-refractivity contribution >= 4 is 17.0 Å². The molecule has 44 heavy (non-hydrogen) atoms. The summed E-state index contributed by atoms with van der Waals surface area (Å²) in [6.07, 6.45) is 2.93. The average Bonchev–Trinajstić information content (AvgIpc) is 3.33. The topological polar surface area (TPSA) is 98.9 Å². The number of benzene rings is 2. The maximum Gasteiger partial charge on any atom is 0.335 e. The van der Waals surface area contributed by atoms with Crippen molar-refractivity contribution in [2.45, 2.75) is 56.6 Å². The number of imidazole rings is 1. The van der Waals surface area contributed by atoms with E-state index in [9.17, 15) is 18.7 Å². The molecular formula is C33H34F2N4O5. The fourth-order valence-corrected chi connectivity index (χ4v) is 6.13. The van der Waals surface area contributed by atoms with Crippen LogP contribution in [0.3, 0.4) is 0 Å². The number of nitrogens with zero attached hydrogens (tertiary/aromatic N) is 4. The SMILES string of the molecule is O=C(O)c1ccc2nc(CN3CCC(c4cccc(OCc5ccc(C6(F)COC6)cc5F)n4)CC3)n(C[C@@H]3CCO3)c2c1. The molecule has 0 amide bonds. The fraction of sp³-hybridized carbons (Fsp3) is 0.424. The first-order valence-electron chi connectivity index (χ1n) is 15.1. The van der Waals surface area contributed by atoms with Crippen molar-refractivity contribution in [2.24, 2.45) is 0 Å². The van der Waals surface area contributed by atoms with Crippen LogP contribution >= 0.6 is 0 Å². The minimum Gasteiger partial charge on any atom is -0.478 e. The zero-order valence-corrected chi connectivity index (χ0v) is 24.3. The number of rotatable bonds is 10. The second-order valence-electron chi connectivity index (χ2n) is 11.9. The number of alkyl halides is 1. The molecule has 3 aliphatic rings. The van der Waals surface area contributed by atoms with Gasteiger partial charge < -0.3 is 23.9 Å². The molecule has 5 heterocycles. The van der Waals surface area contributed by atoms with E-state index in [0.717, 1.165) is 61.5 Å². The molecule has 0 bridgehead atoms. The predicted octanol–water partition coefficient (Wildman–Crippen LogP) is 5.21. The van der Waals surface area contributed by atoms with E-state index in [1.165, 1.54) is 6.07 Å². The molecule has 2 aromatic heterocycles. The molecule has 0 radical (unpaired) electrons. The molecule has 3 saturated heterocycles. The Morgan fingerprint density at radius 2 is 1.89 bits per heavy atom. The smallest absolute Gasteiger partial charge is 0.335 e. The summed E-state index contributed by atoms with van der Waals surface area (Å²) in [5, 5.41) is 9.51. The first-order valence-corrected chi connectivity index (χ1v) is 15.1. The first-order chi connectivity index (χ1) is 21.3. The molecule has 11 heteroatoms. The largest absolute Gasteiger partial charge is 0.478 e. The summed E-state index contributed by atoms with van der Waals surface area (Å²) < 4.78 is 47.8. The molecule has 1 atom stereocenters. The number of piperidine rings is 1. The summed E-state index contributed by atoms with van der Waals surface area (Å²) >= 11 is 0. The number of aromatic carboxylic acids is 1. The summed E-state index contributed by atoms with van der Waals surface area (Å²) in [4.78, 5) is 23.6. The number of fused-ring (bicyclic) bond motifs is 1. The van der Waals surface area contributed by atoms with Gasteiger partial charge >= 0.3 is 5.97 Å². The Hall–Kier alpha value is -3.93. The Bertz CT molecular complexity index is 1680. The van der Waals surface area contributed by atoms with Crippen molar-refractivity contribution in [1.29, 1.82) is 0 Å². The molecule has 9 nitrogen and oxygen atoms in total. The zero-order chi connectivity index (χ0) is 30.3. The van der Waals surface area contributed by atoms with Gasteiger partial charge in [-0.15, -0.1) is 0 Å². The van der Waals surface area contributed by atoms with Crippen LogP contribution in [0.4, 0.5) is 8.78 Å². The van der Waals surface area contributed by atoms with E-state index in [1.807, 2.05) is 12.1 Å². The Labute approximate surface area is 253 Å². The number of aromatic nitrogens is 3. The van der Waals surface area contributed by atoms with Gasteiger partial charge in [0.1, 0.15) is 18.2 Å². The van der Waals surface area contributed by atoms with Crippen molar-refractivity contribution in [3.8, 4) is 5.88 Å². The quantitative estimate of drug-likeness (QED) is 0.264. The molecule has 0 aliphatic carbocycles. The van der Waals surface area contributed by atoms with Gasteiger partial charge in [0, 0.05) is 29.8 Å². The van der Waals surface area contributed by atoms with Crippen LogP contribution in [0, 0.1) is 5.82 Å². The third-order valence-corrected chi connectivity index (χ3v) is 8.98. The van der Waals surface area contributed by atoms with Gasteiger partial charge in [-0.05, 0) is 68.2 Å². The number of carboxylic acids is 1. The van der Waals surface area contributed by atoms with Crippen molar-refractivity contribution in [3.05, 3.63) is 88.6 Å². The van der Waals surface area contributed by atoms with Gasteiger partial charge in [-0.2, -0.15) is 0 Å². The van der Waals surface area contributed by atoms with Crippen LogP contribution in [0.25, 0.3) is 11.0 Å². The normalized spacial score (nSPS) is 20.3. The van der Waals surface area contributed by atoms with E-state index in [2.05, 4.69) is 9.47 Å². The molecule has 3 fully saturated rings. The molecule has 7 rings (SSSR count). The Balaban J connectivity index is 0.982. The van der Waals surface area contributed by atoms with Crippen LogP contribution in [-0.4, -0.2) is 69.5 Å². The second kappa shape index (κ2) is 11.9. The number of carboxylic acid groups (broad SMARTS) is 1. The van der Waals surface area contributed by atoms with Gasteiger partial charge in [-0.3, -0.25) is 4.90 Å². The highest BCUT2D eigenvalue weighted by Gasteiger charge is 2.41. The van der Waals surface area contributed by atoms with E-state index < -0.39 is 17.5 Å². The summed E-state index contributed by atoms with van der Waals surface area (Å²) in [5.41, 5.74) is 1.81. The lowest BCUT2D eigenvalue weighted by Gasteiger charge is -2.34. The minimum absolute atomic E-state index is 0.00233. The zero-order valence-electron chi connectivity index (χ0n) is 24.3. The van der Waals surface area contributed by atoms with E-state index >= 15 is 0 Å². The Morgan fingerprint density at radius 3 is 2.57 bits per heavy atom. The Kier molecular flexibility index (Phi) is 7.77. The highest BCUT2D eigenvalue weighted by atomic mass is 19.1. The molecule has 230 valence electrons. The molecule has 0 saturated carbocycles. The highest BCUT2D eigenvalue weighted by molar-refractivity contribution is 5.92. The van der Waals surface area contributed by atoms with Crippen LogP contribution in [0.2, 0.25) is 0 Å². The Morgan fingerprint density at radius 1 is 1.07 bits per heavy atom. The van der Waals surface area contributed by atoms with Crippen molar-refractivity contribution in [1.82, 2.24) is 19.4 Å². The standard InChI is InChI=1S/C33H34F2N4O5/c34-26-15-24(33(35)19-42-20-33)6-4-23(26)18-44-31-3-1-2-27(37-31)21-8-11-38(12-9-21)17-30-36-28-7-5-22(32(40)41)14-29(28)39(30)16-25-10-13-43-25/h1-7,14-15,21,25H,8-13,16-20H2,(H,40,41)/t25-/m0/s1. The van der Waals surface area contributed by atoms with E-state index in [0.29, 0.717) is 24.5 Å². The molecule has 3 aliphatic heterocycles. The van der Waals surface area contributed by atoms with Crippen molar-refractivity contribution < 1.29 is 32.9 Å². The monoisotopic (exact) mass is 604 g/mol. The van der Waals surface area contributed by atoms with E-state index in [-0.39, 0.29) is 43.0 Å². The molecule has 4 aromatic rings. The predicted molar refractivity (Wildman–Crippen MR) is 157 cm³/mol. The van der Waals surface area contributed by atoms with Crippen LogP contribution in [0.1, 0.15) is 58.2 Å². The van der Waals surface area contributed by atoms with Gasteiger partial charge in [0.15, 0.2) is 5.67 Å². The molecule has 1 N–H and O–H groups in total. The number of hydrogen-bond donors (Lipinski definition) is 1. The fourth-order valence-electron chi connectivity index (χ4n) is 6.13. The lowest BCUT2D eigenvalue weighted by atomic mass is 9.93. The molecule has 2 aromatic carbocycles. The van der Waals surface area contributed by atoms with Crippen LogP contribution in [0.15, 0.2) is 54.6 Å². The minimum atomic E-state index is -1.61. The maximum atomic E-state index is 14.7. The number of likely N-dealkylation sites (tertiary alicyclic amines) is 1. The van der Waals surface area contributed by atoms with Crippen molar-refractivity contribution in [2.75, 3.05) is 32.9 Å². The van der Waals surface area contributed by atoms with E-state index in [1.54, 1.807) is 36.4 Å². The van der Waals surface area contributed by atoms with Crippen LogP contribution in [0.5, 0.6) is 5.88 Å². The van der Waals surface area contributed by atoms with Gasteiger partial charge in [-0.25, -0.2) is 23.5 Å². The number of carbonyl (C=O) groups is 1. The summed E-state index contributed by atoms with van der Waals surface area (Å²) in [6.45, 7) is 3.68. The molecular weight excluding hydrogens is 570 g/mol. The van der Waals surface area contributed by atoms with Gasteiger partial charge in [0.2, 0.25) is 5.88 Å². The van der Waals surface area contributed by atoms with E-state index in [4.69, 9.17) is 24.2 Å². The van der Waals surface area contributed by atoms with Gasteiger partial charge in [0.05, 0.1) is 49.0 Å². The highest BCUT2D eigenvalue weighted by Crippen LogP contribution is 2.35. The van der Waals surface area contributed by atoms with Crippen LogP contribution < -0.4 is 4.74 Å². The first kappa shape index (κ1) is 28.8. The van der Waals surface area contributed by atoms with Crippen molar-refractivity contribution in [3.63, 3.8) is 0 Å². The maximum absolute atomic E-state index is 14.7. The number of ether oxygens (including phenoxy) is 3. The van der Waals surface area contributed by atoms with Gasteiger partial charge in [0.25, 0.3) is 0 Å². The van der Waals surface area contributed by atoms with Gasteiger partial charge in [-0.1, -0.05) is 18.2 Å². The molecule has 0 unspecified atom stereocenters. The third kappa shape index (κ3) is 5.79. The number of pyridine rings is 1. The van der Waals surface area contributed by atoms with Crippen LogP contribution in [-0.2, 0) is 34.8 Å². The molecule has 0 spiro atoms. The lowest BCUT2D eigenvalue weighted by Crippen LogP contribution is -2.42. The lowest BCUT2D eigenvalue weighted by molar-refractivity contribution is -0.135.